The molecule has 23 heavy (non-hydrogen) atoms. The fourth-order valence-corrected chi connectivity index (χ4v) is 2.37. The van der Waals surface area contributed by atoms with Crippen molar-refractivity contribution in [3.63, 3.8) is 0 Å². The summed E-state index contributed by atoms with van der Waals surface area (Å²) in [5.41, 5.74) is 5.61. The van der Waals surface area contributed by atoms with Crippen LogP contribution >= 0.6 is 12.2 Å². The lowest BCUT2D eigenvalue weighted by Crippen LogP contribution is -3.06. The first-order valence-corrected chi connectivity index (χ1v) is 8.26. The van der Waals surface area contributed by atoms with Crippen LogP contribution in [0.4, 0.5) is 5.69 Å². The molecule has 3 N–H and O–H groups in total. The Morgan fingerprint density at radius 2 is 1.61 bits per heavy atom. The van der Waals surface area contributed by atoms with Crippen LogP contribution in [0.3, 0.4) is 0 Å². The Labute approximate surface area is 144 Å². The Morgan fingerprint density at radius 1 is 1.00 bits per heavy atom. The maximum Gasteiger partial charge on any atom is 0.185 e. The molecule has 0 amide bonds. The van der Waals surface area contributed by atoms with Gasteiger partial charge in [-0.1, -0.05) is 48.5 Å². The predicted molar refractivity (Wildman–Crippen MR) is 100 cm³/mol. The van der Waals surface area contributed by atoms with E-state index in [-0.39, 0.29) is 0 Å². The van der Waals surface area contributed by atoms with Crippen LogP contribution in [-0.2, 0) is 6.54 Å². The molecule has 0 fully saturated rings. The van der Waals surface area contributed by atoms with Gasteiger partial charge in [0.05, 0.1) is 39.4 Å². The highest BCUT2D eigenvalue weighted by molar-refractivity contribution is 7.80. The van der Waals surface area contributed by atoms with Crippen LogP contribution in [-0.4, -0.2) is 32.3 Å². The molecule has 2 rings (SSSR count). The molecule has 2 aromatic carbocycles. The number of hydrazine groups is 1. The second-order valence-corrected chi connectivity index (χ2v) is 6.14. The highest BCUT2D eigenvalue weighted by atomic mass is 32.1. The van der Waals surface area contributed by atoms with E-state index in [1.54, 1.807) is 0 Å². The normalized spacial score (nSPS) is 10.4. The van der Waals surface area contributed by atoms with Crippen molar-refractivity contribution in [3.8, 4) is 0 Å². The number of nitrogens with one attached hydrogen (secondary N) is 3. The van der Waals surface area contributed by atoms with Gasteiger partial charge in [0.15, 0.2) is 5.11 Å². The Bertz CT molecular complexity index is 586. The smallest absolute Gasteiger partial charge is 0.185 e. The van der Waals surface area contributed by atoms with Crippen molar-refractivity contribution < 1.29 is 4.90 Å². The number of thiocarbonyl (C=S) groups is 1. The van der Waals surface area contributed by atoms with E-state index in [9.17, 15) is 0 Å². The summed E-state index contributed by atoms with van der Waals surface area (Å²) in [6, 6.07) is 20.6. The second-order valence-electron chi connectivity index (χ2n) is 5.73. The van der Waals surface area contributed by atoms with Crippen molar-refractivity contribution in [3.05, 3.63) is 66.2 Å². The zero-order valence-corrected chi connectivity index (χ0v) is 14.6. The van der Waals surface area contributed by atoms with Crippen molar-refractivity contribution in [2.75, 3.05) is 32.2 Å². The fourth-order valence-electron chi connectivity index (χ4n) is 2.16. The SMILES string of the molecule is C[NH+](C)CCNC(=S)NN(Cc1ccccc1)c1ccccc1. The molecule has 0 heterocycles. The van der Waals surface area contributed by atoms with Crippen molar-refractivity contribution in [1.29, 1.82) is 0 Å². The van der Waals surface area contributed by atoms with E-state index in [0.29, 0.717) is 5.11 Å². The largest absolute Gasteiger partial charge is 0.356 e. The Hall–Kier alpha value is -2.11. The van der Waals surface area contributed by atoms with Crippen LogP contribution in [0.1, 0.15) is 5.56 Å². The van der Waals surface area contributed by atoms with E-state index < -0.39 is 0 Å². The van der Waals surface area contributed by atoms with E-state index in [1.165, 1.54) is 10.5 Å². The van der Waals surface area contributed by atoms with Crippen molar-refractivity contribution in [1.82, 2.24) is 10.7 Å². The van der Waals surface area contributed by atoms with Gasteiger partial charge < -0.3 is 10.2 Å². The van der Waals surface area contributed by atoms with Crippen molar-refractivity contribution in [2.24, 2.45) is 0 Å². The summed E-state index contributed by atoms with van der Waals surface area (Å²) in [6.45, 7) is 2.61. The van der Waals surface area contributed by atoms with E-state index in [1.807, 2.05) is 24.3 Å². The maximum absolute atomic E-state index is 5.43. The fraction of sp³-hybridized carbons (Fsp3) is 0.278. The minimum atomic E-state index is 0.644. The minimum absolute atomic E-state index is 0.644. The highest BCUT2D eigenvalue weighted by Gasteiger charge is 2.09. The van der Waals surface area contributed by atoms with Gasteiger partial charge in [-0.3, -0.25) is 10.4 Å². The molecule has 0 bridgehead atoms. The summed E-state index contributed by atoms with van der Waals surface area (Å²) in [5, 5.41) is 5.96. The molecule has 0 aliphatic carbocycles. The predicted octanol–water partition coefficient (Wildman–Crippen LogP) is 1.22. The highest BCUT2D eigenvalue weighted by Crippen LogP contribution is 2.14. The quantitative estimate of drug-likeness (QED) is 0.527. The van der Waals surface area contributed by atoms with Crippen LogP contribution in [0, 0.1) is 0 Å². The Morgan fingerprint density at radius 3 is 2.22 bits per heavy atom. The number of quaternary nitrogens is 1. The zero-order chi connectivity index (χ0) is 16.5. The lowest BCUT2D eigenvalue weighted by Gasteiger charge is -2.27. The Kier molecular flexibility index (Phi) is 6.84. The Balaban J connectivity index is 2.01. The van der Waals surface area contributed by atoms with Gasteiger partial charge in [-0.2, -0.15) is 0 Å². The third kappa shape index (κ3) is 6.26. The summed E-state index contributed by atoms with van der Waals surface area (Å²) >= 11 is 5.43. The van der Waals surface area contributed by atoms with Crippen LogP contribution < -0.4 is 20.7 Å². The molecule has 0 atom stereocenters. The molecule has 0 radical (unpaired) electrons. The number of likely N-dealkylation sites (N-methyl/N-ethyl adjacent to an activating group) is 1. The van der Waals surface area contributed by atoms with Crippen LogP contribution in [0.25, 0.3) is 0 Å². The minimum Gasteiger partial charge on any atom is -0.356 e. The lowest BCUT2D eigenvalue weighted by atomic mass is 10.2. The molecule has 0 saturated heterocycles. The van der Waals surface area contributed by atoms with Crippen LogP contribution in [0.5, 0.6) is 0 Å². The first-order valence-electron chi connectivity index (χ1n) is 7.85. The summed E-state index contributed by atoms with van der Waals surface area (Å²) in [4.78, 5) is 1.39. The molecular weight excluding hydrogens is 304 g/mol. The van der Waals surface area contributed by atoms with Gasteiger partial charge >= 0.3 is 0 Å². The summed E-state index contributed by atoms with van der Waals surface area (Å²) in [6.07, 6.45) is 0. The molecular formula is C18H25N4S+. The monoisotopic (exact) mass is 329 g/mol. The first-order chi connectivity index (χ1) is 11.1. The number of hydrogen-bond acceptors (Lipinski definition) is 2. The van der Waals surface area contributed by atoms with Crippen LogP contribution in [0.2, 0.25) is 0 Å². The maximum atomic E-state index is 5.43. The van der Waals surface area contributed by atoms with Gasteiger partial charge in [-0.15, -0.1) is 0 Å². The van der Waals surface area contributed by atoms with Crippen molar-refractivity contribution in [2.45, 2.75) is 6.54 Å². The summed E-state index contributed by atoms with van der Waals surface area (Å²) in [7, 11) is 4.26. The molecule has 0 aliphatic heterocycles. The molecule has 5 heteroatoms. The standard InChI is InChI=1S/C18H24N4S/c1-21(2)14-13-19-18(23)20-22(17-11-7-4-8-12-17)15-16-9-5-3-6-10-16/h3-12H,13-15H2,1-2H3,(H2,19,20,23)/p+1. The second kappa shape index (κ2) is 9.12. The first kappa shape index (κ1) is 17.2. The van der Waals surface area contributed by atoms with E-state index in [0.717, 1.165) is 25.3 Å². The number of para-hydroxylation sites is 1. The topological polar surface area (TPSA) is 31.7 Å². The zero-order valence-electron chi connectivity index (χ0n) is 13.8. The van der Waals surface area contributed by atoms with Gasteiger partial charge in [-0.05, 0) is 29.9 Å². The number of rotatable bonds is 7. The summed E-state index contributed by atoms with van der Waals surface area (Å²) < 4.78 is 0. The molecule has 0 saturated carbocycles. The molecule has 0 unspecified atom stereocenters. The molecule has 122 valence electrons. The number of anilines is 1. The average Bonchev–Trinajstić information content (AvgIpc) is 2.56. The van der Waals surface area contributed by atoms with Crippen LogP contribution in [0.15, 0.2) is 60.7 Å². The van der Waals surface area contributed by atoms with Gasteiger partial charge in [0.25, 0.3) is 0 Å². The summed E-state index contributed by atoms with van der Waals surface area (Å²) in [5.74, 6) is 0. The van der Waals surface area contributed by atoms with Gasteiger partial charge in [0.1, 0.15) is 0 Å². The molecule has 0 aromatic heterocycles. The molecule has 0 spiro atoms. The average molecular weight is 329 g/mol. The number of hydrogen-bond donors (Lipinski definition) is 3. The van der Waals surface area contributed by atoms with E-state index in [4.69, 9.17) is 12.2 Å². The molecule has 0 aliphatic rings. The van der Waals surface area contributed by atoms with Gasteiger partial charge in [-0.25, -0.2) is 0 Å². The van der Waals surface area contributed by atoms with E-state index >= 15 is 0 Å². The molecule has 2 aromatic rings. The number of nitrogens with zero attached hydrogens (tertiary/aromatic N) is 1. The van der Waals surface area contributed by atoms with Gasteiger partial charge in [0.2, 0.25) is 0 Å². The van der Waals surface area contributed by atoms with E-state index in [2.05, 4.69) is 66.2 Å². The third-order valence-corrected chi connectivity index (χ3v) is 3.63. The number of benzene rings is 2. The lowest BCUT2D eigenvalue weighted by molar-refractivity contribution is -0.856. The van der Waals surface area contributed by atoms with Gasteiger partial charge in [0, 0.05) is 0 Å². The third-order valence-electron chi connectivity index (χ3n) is 3.40. The van der Waals surface area contributed by atoms with Crippen molar-refractivity contribution >= 4 is 23.0 Å². The molecule has 4 nitrogen and oxygen atoms in total.